The summed E-state index contributed by atoms with van der Waals surface area (Å²) in [5, 5.41) is 6.85. The minimum Gasteiger partial charge on any atom is -0.356 e. The van der Waals surface area contributed by atoms with Gasteiger partial charge in [0.05, 0.1) is 0 Å². The SMILES string of the molecule is CN=C(NCCCCn1ccnc1C)NCCCN1CCCCC1C.I. The Kier molecular flexibility index (Phi) is 11.9. The number of likely N-dealkylation sites (tertiary alicyclic amines) is 1. The molecule has 7 heteroatoms. The van der Waals surface area contributed by atoms with E-state index in [4.69, 9.17) is 0 Å². The van der Waals surface area contributed by atoms with Crippen LogP contribution in [0, 0.1) is 6.92 Å². The molecule has 26 heavy (non-hydrogen) atoms. The van der Waals surface area contributed by atoms with Crippen LogP contribution in [0.3, 0.4) is 0 Å². The van der Waals surface area contributed by atoms with Crippen LogP contribution in [-0.2, 0) is 6.54 Å². The van der Waals surface area contributed by atoms with E-state index in [0.717, 1.165) is 50.3 Å². The molecule has 0 radical (unpaired) electrons. The van der Waals surface area contributed by atoms with Crippen molar-refractivity contribution in [3.63, 3.8) is 0 Å². The predicted molar refractivity (Wildman–Crippen MR) is 120 cm³/mol. The molecule has 0 aromatic carbocycles. The summed E-state index contributed by atoms with van der Waals surface area (Å²) in [5.74, 6) is 2.01. The minimum atomic E-state index is 0. The maximum absolute atomic E-state index is 4.31. The Labute approximate surface area is 176 Å². The largest absolute Gasteiger partial charge is 0.356 e. The molecule has 1 unspecified atom stereocenters. The standard InChI is InChI=1S/C19H36N6.HI/c1-17-9-4-6-13-24(17)15-8-11-23-19(20-3)22-10-5-7-14-25-16-12-21-18(25)2;/h12,16-17H,4-11,13-15H2,1-3H3,(H2,20,22,23);1H. The van der Waals surface area contributed by atoms with E-state index in [1.54, 1.807) is 0 Å². The molecular formula is C19H37IN6. The quantitative estimate of drug-likeness (QED) is 0.249. The van der Waals surface area contributed by atoms with Gasteiger partial charge in [0.15, 0.2) is 5.96 Å². The van der Waals surface area contributed by atoms with Crippen LogP contribution in [0.25, 0.3) is 0 Å². The monoisotopic (exact) mass is 476 g/mol. The van der Waals surface area contributed by atoms with Crippen LogP contribution in [0.2, 0.25) is 0 Å². The van der Waals surface area contributed by atoms with Crippen LogP contribution in [0.1, 0.15) is 51.3 Å². The molecule has 1 saturated heterocycles. The van der Waals surface area contributed by atoms with E-state index in [2.05, 4.69) is 43.9 Å². The molecule has 0 aliphatic carbocycles. The Hall–Kier alpha value is -0.830. The van der Waals surface area contributed by atoms with Gasteiger partial charge in [-0.25, -0.2) is 4.98 Å². The number of piperidine rings is 1. The molecule has 1 aliphatic rings. The average Bonchev–Trinajstić information content (AvgIpc) is 3.03. The first-order valence-corrected chi connectivity index (χ1v) is 9.87. The van der Waals surface area contributed by atoms with Crippen molar-refractivity contribution in [1.82, 2.24) is 25.1 Å². The van der Waals surface area contributed by atoms with E-state index in [9.17, 15) is 0 Å². The molecule has 2 heterocycles. The average molecular weight is 476 g/mol. The third-order valence-corrected chi connectivity index (χ3v) is 5.12. The van der Waals surface area contributed by atoms with E-state index in [0.29, 0.717) is 0 Å². The third-order valence-electron chi connectivity index (χ3n) is 5.12. The lowest BCUT2D eigenvalue weighted by Crippen LogP contribution is -2.41. The lowest BCUT2D eigenvalue weighted by molar-refractivity contribution is 0.159. The summed E-state index contributed by atoms with van der Waals surface area (Å²) in [6.07, 6.45) is 11.5. The molecule has 0 bridgehead atoms. The Bertz CT molecular complexity index is 516. The molecule has 0 spiro atoms. The summed E-state index contributed by atoms with van der Waals surface area (Å²) in [6, 6.07) is 0.755. The van der Waals surface area contributed by atoms with Crippen molar-refractivity contribution in [2.45, 2.75) is 65.0 Å². The van der Waals surface area contributed by atoms with Gasteiger partial charge in [0.1, 0.15) is 5.82 Å². The smallest absolute Gasteiger partial charge is 0.190 e. The third kappa shape index (κ3) is 8.24. The molecule has 0 saturated carbocycles. The molecule has 1 aliphatic heterocycles. The zero-order chi connectivity index (χ0) is 17.9. The normalized spacial score (nSPS) is 18.4. The van der Waals surface area contributed by atoms with E-state index >= 15 is 0 Å². The summed E-state index contributed by atoms with van der Waals surface area (Å²) in [5.41, 5.74) is 0. The molecular weight excluding hydrogens is 439 g/mol. The summed E-state index contributed by atoms with van der Waals surface area (Å²) < 4.78 is 2.20. The predicted octanol–water partition coefficient (Wildman–Crippen LogP) is 3.02. The highest BCUT2D eigenvalue weighted by atomic mass is 127. The summed E-state index contributed by atoms with van der Waals surface area (Å²) in [6.45, 7) is 9.84. The number of aromatic nitrogens is 2. The second kappa shape index (κ2) is 13.4. The van der Waals surface area contributed by atoms with Crippen LogP contribution >= 0.6 is 24.0 Å². The number of aliphatic imine (C=N–C) groups is 1. The number of halogens is 1. The molecule has 150 valence electrons. The number of guanidine groups is 1. The van der Waals surface area contributed by atoms with Crippen molar-refractivity contribution >= 4 is 29.9 Å². The van der Waals surface area contributed by atoms with Gasteiger partial charge < -0.3 is 20.1 Å². The lowest BCUT2D eigenvalue weighted by Gasteiger charge is -2.33. The van der Waals surface area contributed by atoms with Gasteiger partial charge in [-0.3, -0.25) is 4.99 Å². The second-order valence-electron chi connectivity index (χ2n) is 7.04. The molecule has 0 amide bonds. The van der Waals surface area contributed by atoms with Gasteiger partial charge in [-0.1, -0.05) is 6.42 Å². The van der Waals surface area contributed by atoms with Crippen LogP contribution in [0.15, 0.2) is 17.4 Å². The van der Waals surface area contributed by atoms with Crippen LogP contribution in [0.4, 0.5) is 0 Å². The van der Waals surface area contributed by atoms with Gasteiger partial charge >= 0.3 is 0 Å². The van der Waals surface area contributed by atoms with Gasteiger partial charge in [-0.05, 0) is 52.5 Å². The number of nitrogens with zero attached hydrogens (tertiary/aromatic N) is 4. The Morgan fingerprint density at radius 3 is 2.62 bits per heavy atom. The van der Waals surface area contributed by atoms with Gasteiger partial charge in [0.25, 0.3) is 0 Å². The molecule has 1 atom stereocenters. The first kappa shape index (κ1) is 23.2. The fourth-order valence-corrected chi connectivity index (χ4v) is 3.45. The lowest BCUT2D eigenvalue weighted by atomic mass is 10.0. The molecule has 1 aromatic rings. The number of hydrogen-bond acceptors (Lipinski definition) is 3. The van der Waals surface area contributed by atoms with Crippen molar-refractivity contribution in [3.8, 4) is 0 Å². The fourth-order valence-electron chi connectivity index (χ4n) is 3.45. The summed E-state index contributed by atoms with van der Waals surface area (Å²) >= 11 is 0. The number of hydrogen-bond donors (Lipinski definition) is 2. The Morgan fingerprint density at radius 2 is 1.96 bits per heavy atom. The highest BCUT2D eigenvalue weighted by molar-refractivity contribution is 14.0. The van der Waals surface area contributed by atoms with E-state index in [1.807, 2.05) is 19.4 Å². The Balaban J connectivity index is 0.00000338. The number of aryl methyl sites for hydroxylation is 2. The molecule has 1 aromatic heterocycles. The number of unbranched alkanes of at least 4 members (excludes halogenated alkanes) is 1. The zero-order valence-electron chi connectivity index (χ0n) is 16.7. The maximum Gasteiger partial charge on any atom is 0.190 e. The topological polar surface area (TPSA) is 57.5 Å². The van der Waals surface area contributed by atoms with Crippen LogP contribution in [-0.4, -0.2) is 59.7 Å². The van der Waals surface area contributed by atoms with Gasteiger partial charge in [-0.15, -0.1) is 24.0 Å². The summed E-state index contributed by atoms with van der Waals surface area (Å²) in [7, 11) is 1.84. The van der Waals surface area contributed by atoms with Crippen molar-refractivity contribution in [2.75, 3.05) is 33.2 Å². The fraction of sp³-hybridized carbons (Fsp3) is 0.789. The molecule has 2 rings (SSSR count). The number of nitrogens with one attached hydrogen (secondary N) is 2. The van der Waals surface area contributed by atoms with E-state index in [-0.39, 0.29) is 24.0 Å². The molecule has 2 N–H and O–H groups in total. The van der Waals surface area contributed by atoms with Gasteiger partial charge in [0.2, 0.25) is 0 Å². The van der Waals surface area contributed by atoms with Crippen LogP contribution < -0.4 is 10.6 Å². The summed E-state index contributed by atoms with van der Waals surface area (Å²) in [4.78, 5) is 11.2. The van der Waals surface area contributed by atoms with Crippen molar-refractivity contribution < 1.29 is 0 Å². The van der Waals surface area contributed by atoms with Crippen LogP contribution in [0.5, 0.6) is 0 Å². The van der Waals surface area contributed by atoms with Gasteiger partial charge in [0, 0.05) is 51.7 Å². The first-order valence-electron chi connectivity index (χ1n) is 9.87. The molecule has 6 nitrogen and oxygen atoms in total. The Morgan fingerprint density at radius 1 is 1.19 bits per heavy atom. The van der Waals surface area contributed by atoms with Crippen molar-refractivity contribution in [1.29, 1.82) is 0 Å². The van der Waals surface area contributed by atoms with E-state index < -0.39 is 0 Å². The maximum atomic E-state index is 4.31. The molecule has 1 fully saturated rings. The van der Waals surface area contributed by atoms with Crippen molar-refractivity contribution in [2.24, 2.45) is 4.99 Å². The van der Waals surface area contributed by atoms with E-state index in [1.165, 1.54) is 38.8 Å². The minimum absolute atomic E-state index is 0. The second-order valence-corrected chi connectivity index (χ2v) is 7.04. The first-order chi connectivity index (χ1) is 12.2. The van der Waals surface area contributed by atoms with Gasteiger partial charge in [-0.2, -0.15) is 0 Å². The highest BCUT2D eigenvalue weighted by Gasteiger charge is 2.16. The highest BCUT2D eigenvalue weighted by Crippen LogP contribution is 2.15. The number of rotatable bonds is 9. The van der Waals surface area contributed by atoms with Crippen molar-refractivity contribution in [3.05, 3.63) is 18.2 Å². The zero-order valence-corrected chi connectivity index (χ0v) is 19.0. The number of imidazole rings is 1.